The summed E-state index contributed by atoms with van der Waals surface area (Å²) in [5, 5.41) is 12.3. The highest BCUT2D eigenvalue weighted by Gasteiger charge is 2.45. The van der Waals surface area contributed by atoms with Crippen molar-refractivity contribution in [2.24, 2.45) is 16.7 Å². The zero-order chi connectivity index (χ0) is 15.4. The third kappa shape index (κ3) is 3.33. The van der Waals surface area contributed by atoms with Crippen molar-refractivity contribution in [2.75, 3.05) is 6.54 Å². The van der Waals surface area contributed by atoms with Crippen molar-refractivity contribution in [1.82, 2.24) is 5.32 Å². The molecule has 1 aliphatic carbocycles. The molecule has 0 unspecified atom stereocenters. The van der Waals surface area contributed by atoms with Crippen LogP contribution in [0, 0.1) is 16.7 Å². The number of hydrogen-bond donors (Lipinski definition) is 2. The van der Waals surface area contributed by atoms with E-state index in [9.17, 15) is 14.7 Å². The molecule has 0 spiro atoms. The van der Waals surface area contributed by atoms with E-state index < -0.39 is 11.4 Å². The van der Waals surface area contributed by atoms with Crippen molar-refractivity contribution in [1.29, 1.82) is 0 Å². The molecule has 0 aromatic rings. The van der Waals surface area contributed by atoms with Crippen LogP contribution in [0.15, 0.2) is 0 Å². The highest BCUT2D eigenvalue weighted by molar-refractivity contribution is 5.84. The summed E-state index contributed by atoms with van der Waals surface area (Å²) in [6.07, 6.45) is 4.96. The second-order valence-corrected chi connectivity index (χ2v) is 6.71. The molecule has 2 N–H and O–H groups in total. The summed E-state index contributed by atoms with van der Waals surface area (Å²) in [6.45, 7) is 8.25. The number of carboxylic acids is 1. The summed E-state index contributed by atoms with van der Waals surface area (Å²) in [6, 6.07) is 0. The molecule has 1 amide bonds. The minimum Gasteiger partial charge on any atom is -0.481 e. The molecule has 0 bridgehead atoms. The third-order valence-corrected chi connectivity index (χ3v) is 4.99. The molecule has 0 aromatic heterocycles. The van der Waals surface area contributed by atoms with Crippen LogP contribution in [-0.2, 0) is 9.59 Å². The number of hydrogen-bond acceptors (Lipinski definition) is 2. The van der Waals surface area contributed by atoms with Crippen molar-refractivity contribution >= 4 is 11.9 Å². The third-order valence-electron chi connectivity index (χ3n) is 4.99. The van der Waals surface area contributed by atoms with E-state index in [1.165, 1.54) is 0 Å². The zero-order valence-corrected chi connectivity index (χ0v) is 13.3. The number of amides is 1. The molecule has 0 saturated heterocycles. The van der Waals surface area contributed by atoms with E-state index in [4.69, 9.17) is 0 Å². The molecule has 1 fully saturated rings. The van der Waals surface area contributed by atoms with Crippen LogP contribution in [0.1, 0.15) is 66.2 Å². The van der Waals surface area contributed by atoms with Crippen LogP contribution >= 0.6 is 0 Å². The van der Waals surface area contributed by atoms with Gasteiger partial charge < -0.3 is 10.4 Å². The van der Waals surface area contributed by atoms with E-state index in [-0.39, 0.29) is 17.9 Å². The van der Waals surface area contributed by atoms with Gasteiger partial charge in [0, 0.05) is 12.0 Å². The molecular formula is C16H29NO3. The molecule has 1 rings (SSSR count). The molecule has 4 nitrogen and oxygen atoms in total. The van der Waals surface area contributed by atoms with E-state index in [0.29, 0.717) is 18.8 Å². The van der Waals surface area contributed by atoms with E-state index in [0.717, 1.165) is 25.7 Å². The number of aliphatic carboxylic acids is 1. The average molecular weight is 283 g/mol. The van der Waals surface area contributed by atoms with Gasteiger partial charge in [-0.1, -0.05) is 34.1 Å². The second-order valence-electron chi connectivity index (χ2n) is 6.71. The van der Waals surface area contributed by atoms with Gasteiger partial charge in [0.05, 0.1) is 5.41 Å². The summed E-state index contributed by atoms with van der Waals surface area (Å²) in [5.41, 5.74) is -1.06. The molecule has 0 aromatic carbocycles. The van der Waals surface area contributed by atoms with Gasteiger partial charge in [-0.3, -0.25) is 9.59 Å². The molecule has 0 radical (unpaired) electrons. The second kappa shape index (κ2) is 6.59. The molecule has 20 heavy (non-hydrogen) atoms. The molecule has 0 aliphatic heterocycles. The monoisotopic (exact) mass is 283 g/mol. The maximum atomic E-state index is 12.5. The van der Waals surface area contributed by atoms with Crippen LogP contribution in [0.3, 0.4) is 0 Å². The van der Waals surface area contributed by atoms with Gasteiger partial charge in [0.15, 0.2) is 0 Å². The minimum atomic E-state index is -0.821. The van der Waals surface area contributed by atoms with Crippen LogP contribution in [0.4, 0.5) is 0 Å². The first-order valence-corrected chi connectivity index (χ1v) is 7.83. The van der Waals surface area contributed by atoms with E-state index in [1.807, 2.05) is 13.8 Å². The maximum Gasteiger partial charge on any atom is 0.311 e. The van der Waals surface area contributed by atoms with Gasteiger partial charge in [0.25, 0.3) is 0 Å². The summed E-state index contributed by atoms with van der Waals surface area (Å²) in [4.78, 5) is 23.9. The fourth-order valence-corrected chi connectivity index (χ4v) is 3.22. The molecule has 0 heterocycles. The van der Waals surface area contributed by atoms with Crippen LogP contribution in [-0.4, -0.2) is 23.5 Å². The number of nitrogens with one attached hydrogen (secondary N) is 1. The van der Waals surface area contributed by atoms with Crippen molar-refractivity contribution in [3.8, 4) is 0 Å². The van der Waals surface area contributed by atoms with Crippen molar-refractivity contribution in [2.45, 2.75) is 66.2 Å². The van der Waals surface area contributed by atoms with Crippen molar-refractivity contribution in [3.05, 3.63) is 0 Å². The minimum absolute atomic E-state index is 0.0602. The number of rotatable bonds is 8. The van der Waals surface area contributed by atoms with Crippen LogP contribution in [0.2, 0.25) is 0 Å². The molecule has 116 valence electrons. The fourth-order valence-electron chi connectivity index (χ4n) is 3.22. The Morgan fingerprint density at radius 2 is 1.80 bits per heavy atom. The van der Waals surface area contributed by atoms with E-state index in [1.54, 1.807) is 0 Å². The Balaban J connectivity index is 2.68. The van der Waals surface area contributed by atoms with Gasteiger partial charge in [0.2, 0.25) is 5.91 Å². The number of carbonyl (C=O) groups is 2. The quantitative estimate of drug-likeness (QED) is 0.719. The smallest absolute Gasteiger partial charge is 0.311 e. The van der Waals surface area contributed by atoms with Gasteiger partial charge in [-0.05, 0) is 38.0 Å². The lowest BCUT2D eigenvalue weighted by molar-refractivity contribution is -0.150. The Morgan fingerprint density at radius 3 is 2.10 bits per heavy atom. The highest BCUT2D eigenvalue weighted by Crippen LogP contribution is 2.46. The normalized spacial score (nSPS) is 17.6. The topological polar surface area (TPSA) is 66.4 Å². The lowest BCUT2D eigenvalue weighted by Crippen LogP contribution is -2.50. The lowest BCUT2D eigenvalue weighted by Gasteiger charge is -2.42. The molecule has 0 atom stereocenters. The first kappa shape index (κ1) is 17.0. The lowest BCUT2D eigenvalue weighted by atomic mass is 9.64. The Bertz CT molecular complexity index is 355. The summed E-state index contributed by atoms with van der Waals surface area (Å²) >= 11 is 0. The summed E-state index contributed by atoms with van der Waals surface area (Å²) in [7, 11) is 0. The molecule has 1 saturated carbocycles. The van der Waals surface area contributed by atoms with Gasteiger partial charge in [-0.25, -0.2) is 0 Å². The first-order chi connectivity index (χ1) is 9.32. The summed E-state index contributed by atoms with van der Waals surface area (Å²) in [5.74, 6) is -0.262. The number of carboxylic acid groups (broad SMARTS) is 1. The predicted molar refractivity (Wildman–Crippen MR) is 79.4 cm³/mol. The Morgan fingerprint density at radius 1 is 1.25 bits per heavy atom. The largest absolute Gasteiger partial charge is 0.481 e. The van der Waals surface area contributed by atoms with E-state index >= 15 is 0 Å². The molecule has 1 aliphatic rings. The fraction of sp³-hybridized carbons (Fsp3) is 0.875. The Labute approximate surface area is 122 Å². The van der Waals surface area contributed by atoms with Crippen LogP contribution in [0.25, 0.3) is 0 Å². The van der Waals surface area contributed by atoms with Gasteiger partial charge in [-0.15, -0.1) is 0 Å². The van der Waals surface area contributed by atoms with Crippen LogP contribution < -0.4 is 5.32 Å². The molecule has 4 heteroatoms. The standard InChI is InChI=1S/C16H29NO3/c1-5-15(6-2,14(19)20)11-17-13(18)16(8-7-9-16)10-12(3)4/h12H,5-11H2,1-4H3,(H,17,18)(H,19,20). The van der Waals surface area contributed by atoms with E-state index in [2.05, 4.69) is 19.2 Å². The Kier molecular flexibility index (Phi) is 5.60. The van der Waals surface area contributed by atoms with Gasteiger partial charge in [0.1, 0.15) is 0 Å². The van der Waals surface area contributed by atoms with Crippen molar-refractivity contribution < 1.29 is 14.7 Å². The predicted octanol–water partition coefficient (Wildman–Crippen LogP) is 3.21. The molecular weight excluding hydrogens is 254 g/mol. The highest BCUT2D eigenvalue weighted by atomic mass is 16.4. The summed E-state index contributed by atoms with van der Waals surface area (Å²) < 4.78 is 0. The van der Waals surface area contributed by atoms with Gasteiger partial charge >= 0.3 is 5.97 Å². The van der Waals surface area contributed by atoms with Crippen molar-refractivity contribution in [3.63, 3.8) is 0 Å². The van der Waals surface area contributed by atoms with Crippen LogP contribution in [0.5, 0.6) is 0 Å². The number of carbonyl (C=O) groups excluding carboxylic acids is 1. The maximum absolute atomic E-state index is 12.5. The zero-order valence-electron chi connectivity index (χ0n) is 13.3. The SMILES string of the molecule is CCC(CC)(CNC(=O)C1(CC(C)C)CCC1)C(=O)O. The average Bonchev–Trinajstić information content (AvgIpc) is 2.34. The first-order valence-electron chi connectivity index (χ1n) is 7.83. The Hall–Kier alpha value is -1.06. The van der Waals surface area contributed by atoms with Gasteiger partial charge in [-0.2, -0.15) is 0 Å².